The van der Waals surface area contributed by atoms with Gasteiger partial charge < -0.3 is 10.0 Å². The fourth-order valence-corrected chi connectivity index (χ4v) is 3.17. The van der Waals surface area contributed by atoms with E-state index in [0.717, 1.165) is 38.5 Å². The average Bonchev–Trinajstić information content (AvgIpc) is 2.81. The second-order valence-corrected chi connectivity index (χ2v) is 5.35. The highest BCUT2D eigenvalue weighted by atomic mass is 16.3. The summed E-state index contributed by atoms with van der Waals surface area (Å²) in [6.07, 6.45) is 8.24. The van der Waals surface area contributed by atoms with Crippen molar-refractivity contribution < 1.29 is 9.90 Å². The van der Waals surface area contributed by atoms with Gasteiger partial charge in [0.1, 0.15) is 0 Å². The molecule has 2 aliphatic carbocycles. The summed E-state index contributed by atoms with van der Waals surface area (Å²) < 4.78 is 0. The van der Waals surface area contributed by atoms with Crippen molar-refractivity contribution in [2.75, 3.05) is 7.05 Å². The van der Waals surface area contributed by atoms with Crippen molar-refractivity contribution in [3.05, 3.63) is 0 Å². The number of likely N-dealkylation sites (N-methyl/N-ethyl adjacent to an activating group) is 1. The van der Waals surface area contributed by atoms with Crippen molar-refractivity contribution >= 4 is 5.91 Å². The van der Waals surface area contributed by atoms with Crippen LogP contribution in [0.3, 0.4) is 0 Å². The summed E-state index contributed by atoms with van der Waals surface area (Å²) >= 11 is 0. The highest BCUT2D eigenvalue weighted by Crippen LogP contribution is 2.29. The molecule has 0 aromatic rings. The van der Waals surface area contributed by atoms with Crippen LogP contribution in [-0.2, 0) is 4.79 Å². The van der Waals surface area contributed by atoms with Crippen LogP contribution in [0.5, 0.6) is 0 Å². The van der Waals surface area contributed by atoms with Gasteiger partial charge in [-0.2, -0.15) is 0 Å². The van der Waals surface area contributed by atoms with Crippen LogP contribution in [0, 0.1) is 5.92 Å². The molecule has 0 radical (unpaired) electrons. The number of carbonyl (C=O) groups excluding carboxylic acids is 1. The highest BCUT2D eigenvalue weighted by molar-refractivity contribution is 5.79. The first-order valence-corrected chi connectivity index (χ1v) is 6.65. The Morgan fingerprint density at radius 2 is 1.62 bits per heavy atom. The van der Waals surface area contributed by atoms with Crippen LogP contribution < -0.4 is 0 Å². The van der Waals surface area contributed by atoms with E-state index in [4.69, 9.17) is 0 Å². The van der Waals surface area contributed by atoms with E-state index in [-0.39, 0.29) is 24.0 Å². The normalized spacial score (nSPS) is 31.6. The van der Waals surface area contributed by atoms with Gasteiger partial charge in [0.2, 0.25) is 5.91 Å². The molecular weight excluding hydrogens is 202 g/mol. The molecule has 2 atom stereocenters. The summed E-state index contributed by atoms with van der Waals surface area (Å²) in [6.45, 7) is 0. The Morgan fingerprint density at radius 3 is 2.25 bits per heavy atom. The maximum Gasteiger partial charge on any atom is 0.225 e. The van der Waals surface area contributed by atoms with Gasteiger partial charge in [-0.25, -0.2) is 0 Å². The first-order valence-electron chi connectivity index (χ1n) is 6.65. The van der Waals surface area contributed by atoms with Gasteiger partial charge in [0, 0.05) is 13.0 Å². The van der Waals surface area contributed by atoms with Crippen molar-refractivity contribution in [1.29, 1.82) is 0 Å². The van der Waals surface area contributed by atoms with E-state index in [1.165, 1.54) is 12.8 Å². The van der Waals surface area contributed by atoms with Crippen LogP contribution in [0.4, 0.5) is 0 Å². The molecule has 0 heterocycles. The highest BCUT2D eigenvalue weighted by Gasteiger charge is 2.33. The summed E-state index contributed by atoms with van der Waals surface area (Å²) in [5.74, 6) is 0.502. The molecule has 0 saturated heterocycles. The van der Waals surface area contributed by atoms with E-state index in [1.54, 1.807) is 0 Å². The average molecular weight is 225 g/mol. The minimum atomic E-state index is -0.302. The number of aliphatic hydroxyl groups is 1. The van der Waals surface area contributed by atoms with E-state index in [0.29, 0.717) is 0 Å². The number of hydrogen-bond acceptors (Lipinski definition) is 2. The van der Waals surface area contributed by atoms with Gasteiger partial charge in [-0.05, 0) is 25.7 Å². The van der Waals surface area contributed by atoms with Crippen LogP contribution in [0.25, 0.3) is 0 Å². The Balaban J connectivity index is 1.94. The zero-order chi connectivity index (χ0) is 11.5. The first-order chi connectivity index (χ1) is 7.70. The van der Waals surface area contributed by atoms with Gasteiger partial charge in [-0.1, -0.05) is 25.7 Å². The smallest absolute Gasteiger partial charge is 0.225 e. The summed E-state index contributed by atoms with van der Waals surface area (Å²) in [4.78, 5) is 14.0. The molecule has 3 heteroatoms. The van der Waals surface area contributed by atoms with Gasteiger partial charge in [0.25, 0.3) is 0 Å². The third kappa shape index (κ3) is 2.40. The minimum Gasteiger partial charge on any atom is -0.391 e. The van der Waals surface area contributed by atoms with Crippen molar-refractivity contribution in [2.45, 2.75) is 63.5 Å². The van der Waals surface area contributed by atoms with Gasteiger partial charge in [0.05, 0.1) is 12.1 Å². The molecule has 0 bridgehead atoms. The Kier molecular flexibility index (Phi) is 3.85. The molecule has 3 nitrogen and oxygen atoms in total. The Labute approximate surface area is 97.8 Å². The van der Waals surface area contributed by atoms with E-state index in [1.807, 2.05) is 11.9 Å². The van der Waals surface area contributed by atoms with Crippen molar-refractivity contribution in [3.8, 4) is 0 Å². The minimum absolute atomic E-state index is 0.0712. The van der Waals surface area contributed by atoms with Gasteiger partial charge in [-0.3, -0.25) is 4.79 Å². The number of carbonyl (C=O) groups is 1. The molecule has 16 heavy (non-hydrogen) atoms. The molecule has 2 rings (SSSR count). The molecule has 1 N–H and O–H groups in total. The standard InChI is InChI=1S/C13H23NO2/c1-14(11-8-4-5-9-12(11)15)13(16)10-6-2-3-7-10/h10-12,15H,2-9H2,1H3/t11-,12-/m1/s1. The lowest BCUT2D eigenvalue weighted by Gasteiger charge is -2.36. The monoisotopic (exact) mass is 225 g/mol. The number of hydrogen-bond donors (Lipinski definition) is 1. The molecule has 0 spiro atoms. The quantitative estimate of drug-likeness (QED) is 0.780. The number of amides is 1. The summed E-state index contributed by atoms with van der Waals surface area (Å²) in [7, 11) is 1.87. The molecule has 2 fully saturated rings. The van der Waals surface area contributed by atoms with E-state index >= 15 is 0 Å². The molecule has 2 saturated carbocycles. The molecule has 0 unspecified atom stereocenters. The maximum atomic E-state index is 12.2. The Hall–Kier alpha value is -0.570. The predicted octanol–water partition coefficient (Wildman–Crippen LogP) is 1.94. The van der Waals surface area contributed by atoms with E-state index in [2.05, 4.69) is 0 Å². The fraction of sp³-hybridized carbons (Fsp3) is 0.923. The molecule has 92 valence electrons. The van der Waals surface area contributed by atoms with Crippen LogP contribution >= 0.6 is 0 Å². The zero-order valence-corrected chi connectivity index (χ0v) is 10.2. The summed E-state index contributed by atoms with van der Waals surface area (Å²) in [5, 5.41) is 9.94. The lowest BCUT2D eigenvalue weighted by Crippen LogP contribution is -2.48. The number of rotatable bonds is 2. The van der Waals surface area contributed by atoms with E-state index < -0.39 is 0 Å². The third-order valence-corrected chi connectivity index (χ3v) is 4.24. The van der Waals surface area contributed by atoms with Crippen LogP contribution in [-0.4, -0.2) is 35.1 Å². The Morgan fingerprint density at radius 1 is 1.06 bits per heavy atom. The second-order valence-electron chi connectivity index (χ2n) is 5.35. The van der Waals surface area contributed by atoms with Crippen molar-refractivity contribution in [1.82, 2.24) is 4.90 Å². The molecular formula is C13H23NO2. The number of aliphatic hydroxyl groups excluding tert-OH is 1. The molecule has 2 aliphatic rings. The lowest BCUT2D eigenvalue weighted by molar-refractivity contribution is -0.139. The second kappa shape index (κ2) is 5.17. The number of nitrogens with zero attached hydrogens (tertiary/aromatic N) is 1. The molecule has 0 aromatic heterocycles. The maximum absolute atomic E-state index is 12.2. The van der Waals surface area contributed by atoms with Crippen LogP contribution in [0.1, 0.15) is 51.4 Å². The van der Waals surface area contributed by atoms with Gasteiger partial charge in [-0.15, -0.1) is 0 Å². The topological polar surface area (TPSA) is 40.5 Å². The molecule has 1 amide bonds. The third-order valence-electron chi connectivity index (χ3n) is 4.24. The van der Waals surface area contributed by atoms with Crippen molar-refractivity contribution in [2.24, 2.45) is 5.92 Å². The molecule has 0 aliphatic heterocycles. The zero-order valence-electron chi connectivity index (χ0n) is 10.2. The Bertz CT molecular complexity index is 248. The fourth-order valence-electron chi connectivity index (χ4n) is 3.17. The van der Waals surface area contributed by atoms with Crippen molar-refractivity contribution in [3.63, 3.8) is 0 Å². The molecule has 0 aromatic carbocycles. The SMILES string of the molecule is CN(C(=O)C1CCCC1)[C@@H]1CCCC[C@H]1O. The van der Waals surface area contributed by atoms with Crippen LogP contribution in [0.15, 0.2) is 0 Å². The largest absolute Gasteiger partial charge is 0.391 e. The first kappa shape index (κ1) is 11.9. The lowest BCUT2D eigenvalue weighted by atomic mass is 9.91. The van der Waals surface area contributed by atoms with E-state index in [9.17, 15) is 9.90 Å². The summed E-state index contributed by atoms with van der Waals surface area (Å²) in [5.41, 5.74) is 0. The summed E-state index contributed by atoms with van der Waals surface area (Å²) in [6, 6.07) is 0.0712. The van der Waals surface area contributed by atoms with Crippen LogP contribution in [0.2, 0.25) is 0 Å². The van der Waals surface area contributed by atoms with Gasteiger partial charge >= 0.3 is 0 Å². The van der Waals surface area contributed by atoms with Gasteiger partial charge in [0.15, 0.2) is 0 Å². The predicted molar refractivity (Wildman–Crippen MR) is 63.0 cm³/mol.